The number of hydrogen-bond donors (Lipinski definition) is 0. The van der Waals surface area contributed by atoms with Crippen LogP contribution in [-0.4, -0.2) is 18.2 Å². The Kier molecular flexibility index (Phi) is 9.56. The zero-order valence-corrected chi connectivity index (χ0v) is 11.4. The molecule has 0 amide bonds. The van der Waals surface area contributed by atoms with Crippen molar-refractivity contribution in [2.75, 3.05) is 0 Å². The average Bonchev–Trinajstić information content (AvgIpc) is 2.45. The van der Waals surface area contributed by atoms with E-state index < -0.39 is 54.5 Å². The van der Waals surface area contributed by atoms with E-state index in [4.69, 9.17) is 0 Å². The molecule has 0 radical (unpaired) electrons. The minimum Gasteiger partial charge on any atom is -0.397 e. The van der Waals surface area contributed by atoms with Gasteiger partial charge in [-0.2, -0.15) is 70.2 Å². The molecule has 0 bridgehead atoms. The van der Waals surface area contributed by atoms with E-state index in [-0.39, 0.29) is 0 Å². The summed E-state index contributed by atoms with van der Waals surface area (Å²) in [7, 11) is 0. The second-order valence-corrected chi connectivity index (χ2v) is 3.40. The molecular weight excluding hydrogens is 444 g/mol. The van der Waals surface area contributed by atoms with Gasteiger partial charge in [0.25, 0.3) is 0 Å². The predicted octanol–water partition coefficient (Wildman–Crippen LogP) is 6.90. The first-order chi connectivity index (χ1) is 11.8. The van der Waals surface area contributed by atoms with E-state index in [9.17, 15) is 70.2 Å². The number of rotatable bonds is 5. The number of alkyl halides is 7. The molecule has 0 fully saturated rings. The SMILES string of the molecule is FC(F)=C(F)OC(F)(F)C(F)(F)C(F)(F)F.FC(F)=C(F)OC(F)=C(F)F. The van der Waals surface area contributed by atoms with E-state index in [2.05, 4.69) is 4.74 Å². The minimum atomic E-state index is -6.81. The molecular formula is C9F16O2. The molecule has 0 spiro atoms. The molecule has 160 valence electrons. The molecule has 0 heterocycles. The van der Waals surface area contributed by atoms with Gasteiger partial charge in [0.15, 0.2) is 0 Å². The lowest BCUT2D eigenvalue weighted by Gasteiger charge is -2.26. The summed E-state index contributed by atoms with van der Waals surface area (Å²) in [5.74, 6) is -6.81. The molecule has 0 saturated heterocycles. The zero-order valence-electron chi connectivity index (χ0n) is 11.4. The third kappa shape index (κ3) is 8.29. The number of ether oxygens (including phenoxy) is 2. The maximum atomic E-state index is 12.0. The first-order valence-corrected chi connectivity index (χ1v) is 5.09. The number of halogens is 16. The van der Waals surface area contributed by atoms with E-state index in [0.29, 0.717) is 0 Å². The van der Waals surface area contributed by atoms with Crippen LogP contribution in [0.15, 0.2) is 36.3 Å². The maximum Gasteiger partial charge on any atom is 0.476 e. The van der Waals surface area contributed by atoms with Crippen LogP contribution in [0.1, 0.15) is 0 Å². The van der Waals surface area contributed by atoms with Crippen LogP contribution in [0.5, 0.6) is 0 Å². The Hall–Kier alpha value is -2.30. The molecule has 0 rings (SSSR count). The van der Waals surface area contributed by atoms with Crippen molar-refractivity contribution in [3.63, 3.8) is 0 Å². The van der Waals surface area contributed by atoms with E-state index >= 15 is 0 Å². The second-order valence-electron chi connectivity index (χ2n) is 3.40. The minimum absolute atomic E-state index is 1.95. The van der Waals surface area contributed by atoms with Crippen molar-refractivity contribution in [1.82, 2.24) is 0 Å². The van der Waals surface area contributed by atoms with Crippen LogP contribution in [0.25, 0.3) is 0 Å². The van der Waals surface area contributed by atoms with Gasteiger partial charge in [0.05, 0.1) is 0 Å². The summed E-state index contributed by atoms with van der Waals surface area (Å²) in [5.41, 5.74) is 0. The smallest absolute Gasteiger partial charge is 0.397 e. The van der Waals surface area contributed by atoms with Gasteiger partial charge in [-0.1, -0.05) is 0 Å². The fraction of sp³-hybridized carbons (Fsp3) is 0.333. The van der Waals surface area contributed by atoms with Crippen molar-refractivity contribution in [2.24, 2.45) is 0 Å². The van der Waals surface area contributed by atoms with Gasteiger partial charge in [-0.3, -0.25) is 0 Å². The Balaban J connectivity index is 0. The third-order valence-corrected chi connectivity index (χ3v) is 1.56. The Morgan fingerprint density at radius 3 is 1.00 bits per heavy atom. The van der Waals surface area contributed by atoms with Crippen molar-refractivity contribution in [3.8, 4) is 0 Å². The molecule has 0 aromatic carbocycles. The van der Waals surface area contributed by atoms with Crippen LogP contribution in [0.4, 0.5) is 70.2 Å². The summed E-state index contributed by atoms with van der Waals surface area (Å²) in [5, 5.41) is 0. The molecule has 2 nitrogen and oxygen atoms in total. The largest absolute Gasteiger partial charge is 0.476 e. The monoisotopic (exact) mass is 444 g/mol. The van der Waals surface area contributed by atoms with Gasteiger partial charge in [0.1, 0.15) is 0 Å². The highest BCUT2D eigenvalue weighted by Gasteiger charge is 2.76. The standard InChI is InChI=1S/C5F10O.C4F6O/c6-1(7)2(8)16-5(14,15)3(9,10)4(11,12)13;5-1(6)3(9)11-4(10)2(7)8. The van der Waals surface area contributed by atoms with E-state index in [0.717, 1.165) is 0 Å². The normalized spacial score (nSPS) is 11.7. The Labute approximate surface area is 135 Å². The van der Waals surface area contributed by atoms with Crippen molar-refractivity contribution in [3.05, 3.63) is 36.3 Å². The van der Waals surface area contributed by atoms with Crippen LogP contribution in [0.2, 0.25) is 0 Å². The highest BCUT2D eigenvalue weighted by Crippen LogP contribution is 2.48. The fourth-order valence-corrected chi connectivity index (χ4v) is 0.536. The summed E-state index contributed by atoms with van der Waals surface area (Å²) < 4.78 is 187. The first-order valence-electron chi connectivity index (χ1n) is 5.09. The van der Waals surface area contributed by atoms with Crippen molar-refractivity contribution < 1.29 is 79.7 Å². The summed E-state index contributed by atoms with van der Waals surface area (Å²) in [6, 6.07) is -8.89. The van der Waals surface area contributed by atoms with Crippen molar-refractivity contribution in [1.29, 1.82) is 0 Å². The van der Waals surface area contributed by atoms with Crippen LogP contribution in [0.3, 0.4) is 0 Å². The summed E-state index contributed by atoms with van der Waals surface area (Å²) >= 11 is 0. The lowest BCUT2D eigenvalue weighted by Crippen LogP contribution is -2.53. The molecule has 18 heteroatoms. The molecule has 0 saturated carbocycles. The van der Waals surface area contributed by atoms with Crippen LogP contribution in [-0.2, 0) is 9.47 Å². The molecule has 0 aromatic rings. The zero-order chi connectivity index (χ0) is 22.4. The summed E-state index contributed by atoms with van der Waals surface area (Å²) in [6.07, 6.45) is -22.9. The van der Waals surface area contributed by atoms with Gasteiger partial charge in [-0.05, 0) is 0 Å². The van der Waals surface area contributed by atoms with Crippen molar-refractivity contribution >= 4 is 0 Å². The number of hydrogen-bond acceptors (Lipinski definition) is 2. The van der Waals surface area contributed by atoms with Gasteiger partial charge < -0.3 is 9.47 Å². The highest BCUT2D eigenvalue weighted by atomic mass is 19.4. The van der Waals surface area contributed by atoms with Crippen molar-refractivity contribution in [2.45, 2.75) is 18.2 Å². The lowest BCUT2D eigenvalue weighted by atomic mass is 10.3. The molecule has 0 N–H and O–H groups in total. The fourth-order valence-electron chi connectivity index (χ4n) is 0.536. The third-order valence-electron chi connectivity index (χ3n) is 1.56. The molecule has 0 aromatic heterocycles. The van der Waals surface area contributed by atoms with Gasteiger partial charge in [0, 0.05) is 0 Å². The molecule has 0 unspecified atom stereocenters. The molecule has 27 heavy (non-hydrogen) atoms. The highest BCUT2D eigenvalue weighted by molar-refractivity contribution is 4.91. The Morgan fingerprint density at radius 1 is 0.481 bits per heavy atom. The maximum absolute atomic E-state index is 12.0. The van der Waals surface area contributed by atoms with Gasteiger partial charge in [-0.25, -0.2) is 0 Å². The lowest BCUT2D eigenvalue weighted by molar-refractivity contribution is -0.419. The van der Waals surface area contributed by atoms with Crippen LogP contribution < -0.4 is 0 Å². The molecule has 0 atom stereocenters. The summed E-state index contributed by atoms with van der Waals surface area (Å²) in [6.45, 7) is 0. The Morgan fingerprint density at radius 2 is 0.778 bits per heavy atom. The van der Waals surface area contributed by atoms with E-state index in [1.165, 1.54) is 0 Å². The Bertz CT molecular complexity index is 566. The second kappa shape index (κ2) is 9.58. The predicted molar refractivity (Wildman–Crippen MR) is 49.2 cm³/mol. The van der Waals surface area contributed by atoms with Crippen LogP contribution >= 0.6 is 0 Å². The molecule has 0 aliphatic carbocycles. The van der Waals surface area contributed by atoms with E-state index in [1.54, 1.807) is 0 Å². The van der Waals surface area contributed by atoms with Gasteiger partial charge >= 0.3 is 54.5 Å². The topological polar surface area (TPSA) is 18.5 Å². The molecule has 0 aliphatic rings. The van der Waals surface area contributed by atoms with Crippen LogP contribution in [0, 0.1) is 0 Å². The van der Waals surface area contributed by atoms with Gasteiger partial charge in [-0.15, -0.1) is 0 Å². The quantitative estimate of drug-likeness (QED) is 0.339. The first kappa shape index (κ1) is 26.9. The molecule has 0 aliphatic heterocycles. The van der Waals surface area contributed by atoms with Gasteiger partial charge in [0.2, 0.25) is 0 Å². The summed E-state index contributed by atoms with van der Waals surface area (Å²) in [4.78, 5) is 0. The van der Waals surface area contributed by atoms with E-state index in [1.807, 2.05) is 4.74 Å². The average molecular weight is 444 g/mol.